The van der Waals surface area contributed by atoms with Crippen LogP contribution in [0.2, 0.25) is 0 Å². The highest BCUT2D eigenvalue weighted by atomic mass is 16.5. The lowest BCUT2D eigenvalue weighted by molar-refractivity contribution is -0.147. The number of aryl methyl sites for hydroxylation is 1. The smallest absolute Gasteiger partial charge is 0.317 e. The van der Waals surface area contributed by atoms with Crippen LogP contribution >= 0.6 is 0 Å². The molecular weight excluding hydrogens is 262 g/mol. The van der Waals surface area contributed by atoms with Crippen molar-refractivity contribution in [2.24, 2.45) is 5.73 Å². The molecule has 0 fully saturated rings. The van der Waals surface area contributed by atoms with E-state index >= 15 is 0 Å². The van der Waals surface area contributed by atoms with Gasteiger partial charge in [0.1, 0.15) is 5.41 Å². The van der Waals surface area contributed by atoms with Crippen LogP contribution in [0.25, 0.3) is 0 Å². The number of hydrogen-bond acceptors (Lipinski definition) is 3. The Bertz CT molecular complexity index is 445. The van der Waals surface area contributed by atoms with E-state index in [9.17, 15) is 4.79 Å². The first-order valence-corrected chi connectivity index (χ1v) is 7.96. The minimum absolute atomic E-state index is 0.217. The molecule has 3 heteroatoms. The van der Waals surface area contributed by atoms with Crippen molar-refractivity contribution in [3.8, 4) is 0 Å². The quantitative estimate of drug-likeness (QED) is 0.557. The Morgan fingerprint density at radius 2 is 1.95 bits per heavy atom. The van der Waals surface area contributed by atoms with Crippen LogP contribution in [0.5, 0.6) is 0 Å². The average Bonchev–Trinajstić information content (AvgIpc) is 2.50. The van der Waals surface area contributed by atoms with Gasteiger partial charge in [0, 0.05) is 6.54 Å². The standard InChI is InChI=1S/C18H29NO2/c1-4-5-6-7-8-12-18(14-19,17(20)21-3)16-11-9-10-15(2)13-16/h9-11,13H,4-8,12,14,19H2,1-3H3. The van der Waals surface area contributed by atoms with Gasteiger partial charge in [0.25, 0.3) is 0 Å². The van der Waals surface area contributed by atoms with E-state index in [1.54, 1.807) is 0 Å². The first-order chi connectivity index (χ1) is 10.1. The number of benzene rings is 1. The van der Waals surface area contributed by atoms with E-state index in [1.807, 2.05) is 25.1 Å². The van der Waals surface area contributed by atoms with Crippen LogP contribution in [0.15, 0.2) is 24.3 Å². The van der Waals surface area contributed by atoms with Gasteiger partial charge < -0.3 is 10.5 Å². The maximum absolute atomic E-state index is 12.4. The predicted octanol–water partition coefficient (Wildman–Crippen LogP) is 3.73. The maximum atomic E-state index is 12.4. The van der Waals surface area contributed by atoms with Crippen LogP contribution < -0.4 is 5.73 Å². The molecule has 1 rings (SSSR count). The van der Waals surface area contributed by atoms with Gasteiger partial charge in [-0.05, 0) is 18.9 Å². The molecule has 0 spiro atoms. The molecule has 0 aliphatic rings. The molecule has 1 aromatic carbocycles. The fourth-order valence-corrected chi connectivity index (χ4v) is 2.84. The Hall–Kier alpha value is -1.35. The van der Waals surface area contributed by atoms with Crippen molar-refractivity contribution in [2.75, 3.05) is 13.7 Å². The molecule has 2 N–H and O–H groups in total. The molecule has 3 nitrogen and oxygen atoms in total. The minimum atomic E-state index is -0.701. The summed E-state index contributed by atoms with van der Waals surface area (Å²) in [5, 5.41) is 0. The summed E-state index contributed by atoms with van der Waals surface area (Å²) < 4.78 is 5.06. The second-order valence-corrected chi connectivity index (χ2v) is 5.81. The molecule has 21 heavy (non-hydrogen) atoms. The molecular formula is C18H29NO2. The van der Waals surface area contributed by atoms with E-state index in [0.29, 0.717) is 0 Å². The summed E-state index contributed by atoms with van der Waals surface area (Å²) in [6.45, 7) is 4.52. The first-order valence-electron chi connectivity index (χ1n) is 7.96. The zero-order valence-electron chi connectivity index (χ0n) is 13.7. The monoisotopic (exact) mass is 291 g/mol. The summed E-state index contributed by atoms with van der Waals surface area (Å²) >= 11 is 0. The Kier molecular flexibility index (Phi) is 7.44. The highest BCUT2D eigenvalue weighted by Crippen LogP contribution is 2.31. The lowest BCUT2D eigenvalue weighted by Crippen LogP contribution is -2.44. The molecule has 1 atom stereocenters. The summed E-state index contributed by atoms with van der Waals surface area (Å²) in [4.78, 5) is 12.4. The van der Waals surface area contributed by atoms with Crippen molar-refractivity contribution in [3.63, 3.8) is 0 Å². The average molecular weight is 291 g/mol. The summed E-state index contributed by atoms with van der Waals surface area (Å²) in [5.74, 6) is -0.217. The van der Waals surface area contributed by atoms with Gasteiger partial charge in [-0.2, -0.15) is 0 Å². The van der Waals surface area contributed by atoms with E-state index in [4.69, 9.17) is 10.5 Å². The number of hydrogen-bond donors (Lipinski definition) is 1. The number of methoxy groups -OCH3 is 1. The van der Waals surface area contributed by atoms with Crippen LogP contribution in [-0.2, 0) is 14.9 Å². The van der Waals surface area contributed by atoms with Crippen molar-refractivity contribution in [2.45, 2.75) is 57.8 Å². The normalized spacial score (nSPS) is 13.7. The van der Waals surface area contributed by atoms with Gasteiger partial charge in [0.05, 0.1) is 7.11 Å². The molecule has 0 aromatic heterocycles. The van der Waals surface area contributed by atoms with Crippen molar-refractivity contribution < 1.29 is 9.53 Å². The van der Waals surface area contributed by atoms with Gasteiger partial charge in [-0.3, -0.25) is 4.79 Å². The summed E-state index contributed by atoms with van der Waals surface area (Å²) in [6, 6.07) is 8.05. The third-order valence-corrected chi connectivity index (χ3v) is 4.20. The van der Waals surface area contributed by atoms with Crippen LogP contribution in [-0.4, -0.2) is 19.6 Å². The second-order valence-electron chi connectivity index (χ2n) is 5.81. The second kappa shape index (κ2) is 8.83. The van der Waals surface area contributed by atoms with Crippen LogP contribution in [0.1, 0.15) is 56.6 Å². The van der Waals surface area contributed by atoms with Crippen molar-refractivity contribution in [3.05, 3.63) is 35.4 Å². The van der Waals surface area contributed by atoms with E-state index in [2.05, 4.69) is 13.0 Å². The predicted molar refractivity (Wildman–Crippen MR) is 87.3 cm³/mol. The molecule has 0 saturated carbocycles. The Morgan fingerprint density at radius 3 is 2.52 bits per heavy atom. The molecule has 0 amide bonds. The number of ether oxygens (including phenoxy) is 1. The van der Waals surface area contributed by atoms with E-state index < -0.39 is 5.41 Å². The minimum Gasteiger partial charge on any atom is -0.468 e. The number of carbonyl (C=O) groups excluding carboxylic acids is 1. The van der Waals surface area contributed by atoms with Crippen LogP contribution in [0.3, 0.4) is 0 Å². The number of esters is 1. The number of rotatable bonds is 9. The molecule has 0 aliphatic heterocycles. The Balaban J connectivity index is 2.91. The molecule has 118 valence electrons. The van der Waals surface area contributed by atoms with Gasteiger partial charge in [0.15, 0.2) is 0 Å². The number of unbranched alkanes of at least 4 members (excludes halogenated alkanes) is 4. The third-order valence-electron chi connectivity index (χ3n) is 4.20. The topological polar surface area (TPSA) is 52.3 Å². The van der Waals surface area contributed by atoms with Gasteiger partial charge in [-0.15, -0.1) is 0 Å². The van der Waals surface area contributed by atoms with Crippen LogP contribution in [0.4, 0.5) is 0 Å². The number of nitrogens with two attached hydrogens (primary N) is 1. The van der Waals surface area contributed by atoms with Gasteiger partial charge in [-0.25, -0.2) is 0 Å². The summed E-state index contributed by atoms with van der Waals surface area (Å²) in [5.41, 5.74) is 7.42. The zero-order chi connectivity index (χ0) is 15.7. The molecule has 0 bridgehead atoms. The summed E-state index contributed by atoms with van der Waals surface area (Å²) in [6.07, 6.45) is 6.57. The third kappa shape index (κ3) is 4.57. The molecule has 1 unspecified atom stereocenters. The van der Waals surface area contributed by atoms with E-state index in [1.165, 1.54) is 26.4 Å². The SMILES string of the molecule is CCCCCCCC(CN)(C(=O)OC)c1cccc(C)c1. The van der Waals surface area contributed by atoms with Gasteiger partial charge in [0.2, 0.25) is 0 Å². The highest BCUT2D eigenvalue weighted by Gasteiger charge is 2.39. The fourth-order valence-electron chi connectivity index (χ4n) is 2.84. The maximum Gasteiger partial charge on any atom is 0.317 e. The zero-order valence-corrected chi connectivity index (χ0v) is 13.7. The van der Waals surface area contributed by atoms with E-state index in [0.717, 1.165) is 30.4 Å². The largest absolute Gasteiger partial charge is 0.468 e. The lowest BCUT2D eigenvalue weighted by atomic mass is 9.75. The number of carbonyl (C=O) groups is 1. The van der Waals surface area contributed by atoms with Crippen molar-refractivity contribution >= 4 is 5.97 Å². The highest BCUT2D eigenvalue weighted by molar-refractivity contribution is 5.83. The first kappa shape index (κ1) is 17.7. The molecule has 0 saturated heterocycles. The Labute approximate surface area is 128 Å². The van der Waals surface area contributed by atoms with Gasteiger partial charge in [-0.1, -0.05) is 68.9 Å². The van der Waals surface area contributed by atoms with Gasteiger partial charge >= 0.3 is 5.97 Å². The molecule has 0 aliphatic carbocycles. The fraction of sp³-hybridized carbons (Fsp3) is 0.611. The Morgan fingerprint density at radius 1 is 1.24 bits per heavy atom. The van der Waals surface area contributed by atoms with Crippen LogP contribution in [0, 0.1) is 6.92 Å². The summed E-state index contributed by atoms with van der Waals surface area (Å²) in [7, 11) is 1.44. The van der Waals surface area contributed by atoms with Crippen molar-refractivity contribution in [1.82, 2.24) is 0 Å². The van der Waals surface area contributed by atoms with Crippen molar-refractivity contribution in [1.29, 1.82) is 0 Å². The van der Waals surface area contributed by atoms with E-state index in [-0.39, 0.29) is 12.5 Å². The molecule has 1 aromatic rings. The lowest BCUT2D eigenvalue weighted by Gasteiger charge is -2.30. The molecule has 0 heterocycles. The molecule has 0 radical (unpaired) electrons.